The fourth-order valence-corrected chi connectivity index (χ4v) is 4.40. The van der Waals surface area contributed by atoms with Gasteiger partial charge in [0.15, 0.2) is 0 Å². The molecular weight excluding hydrogens is 298 g/mol. The first-order chi connectivity index (χ1) is 10.2. The Labute approximate surface area is 136 Å². The van der Waals surface area contributed by atoms with Gasteiger partial charge in [-0.25, -0.2) is 0 Å². The predicted octanol–water partition coefficient (Wildman–Crippen LogP) is 6.40. The highest BCUT2D eigenvalue weighted by Gasteiger charge is 2.22. The van der Waals surface area contributed by atoms with Gasteiger partial charge in [-0.1, -0.05) is 37.6 Å². The maximum absolute atomic E-state index is 6.18. The van der Waals surface area contributed by atoms with Crippen molar-refractivity contribution in [3.05, 3.63) is 50.7 Å². The minimum Gasteiger partial charge on any atom is -0.378 e. The standard InChI is InChI=1S/C18H22ClNS/c1-3-12(2)13-7-9-14(10-8-13)20-16-5-4-6-17-15(16)11-18(19)21-17/h7-12,16,20H,3-6H2,1-2H3. The Kier molecular flexibility index (Phi) is 4.56. The summed E-state index contributed by atoms with van der Waals surface area (Å²) in [5.74, 6) is 0.635. The van der Waals surface area contributed by atoms with Gasteiger partial charge in [0.2, 0.25) is 0 Å². The third-order valence-corrected chi connectivity index (χ3v) is 5.86. The number of nitrogens with one attached hydrogen (secondary N) is 1. The summed E-state index contributed by atoms with van der Waals surface area (Å²) in [6.07, 6.45) is 4.80. The Morgan fingerprint density at radius 1 is 1.33 bits per heavy atom. The molecule has 2 atom stereocenters. The molecule has 21 heavy (non-hydrogen) atoms. The summed E-state index contributed by atoms with van der Waals surface area (Å²) >= 11 is 7.92. The molecule has 0 saturated heterocycles. The molecule has 0 amide bonds. The number of thiophene rings is 1. The summed E-state index contributed by atoms with van der Waals surface area (Å²) in [4.78, 5) is 1.46. The van der Waals surface area contributed by atoms with E-state index in [0.717, 1.165) is 4.34 Å². The first kappa shape index (κ1) is 14.9. The second kappa shape index (κ2) is 6.41. The van der Waals surface area contributed by atoms with E-state index in [9.17, 15) is 0 Å². The van der Waals surface area contributed by atoms with Gasteiger partial charge in [0, 0.05) is 10.6 Å². The summed E-state index contributed by atoms with van der Waals surface area (Å²) in [6, 6.07) is 11.5. The van der Waals surface area contributed by atoms with E-state index in [4.69, 9.17) is 11.6 Å². The van der Waals surface area contributed by atoms with Crippen molar-refractivity contribution < 1.29 is 0 Å². The third-order valence-electron chi connectivity index (χ3n) is 4.52. The molecule has 1 aromatic carbocycles. The van der Waals surface area contributed by atoms with Crippen LogP contribution in [0.3, 0.4) is 0 Å². The molecule has 3 rings (SSSR count). The van der Waals surface area contributed by atoms with E-state index in [-0.39, 0.29) is 0 Å². The van der Waals surface area contributed by atoms with Crippen LogP contribution in [0.25, 0.3) is 0 Å². The molecule has 0 bridgehead atoms. The van der Waals surface area contributed by atoms with Gasteiger partial charge in [-0.3, -0.25) is 0 Å². The molecule has 1 N–H and O–H groups in total. The molecule has 112 valence electrons. The molecule has 1 aromatic heterocycles. The summed E-state index contributed by atoms with van der Waals surface area (Å²) < 4.78 is 0.917. The van der Waals surface area contributed by atoms with Crippen molar-refractivity contribution in [3.8, 4) is 0 Å². The van der Waals surface area contributed by atoms with E-state index in [1.807, 2.05) is 0 Å². The summed E-state index contributed by atoms with van der Waals surface area (Å²) in [7, 11) is 0. The number of anilines is 1. The van der Waals surface area contributed by atoms with Gasteiger partial charge in [-0.15, -0.1) is 11.3 Å². The first-order valence-electron chi connectivity index (χ1n) is 7.82. The fraction of sp³-hybridized carbons (Fsp3) is 0.444. The van der Waals surface area contributed by atoms with Gasteiger partial charge in [0.25, 0.3) is 0 Å². The second-order valence-electron chi connectivity index (χ2n) is 5.95. The van der Waals surface area contributed by atoms with Crippen LogP contribution in [0, 0.1) is 0 Å². The van der Waals surface area contributed by atoms with E-state index in [2.05, 4.69) is 49.5 Å². The van der Waals surface area contributed by atoms with Crippen LogP contribution in [0.4, 0.5) is 5.69 Å². The van der Waals surface area contributed by atoms with Gasteiger partial charge in [-0.05, 0) is 60.9 Å². The molecule has 1 aliphatic rings. The van der Waals surface area contributed by atoms with Crippen molar-refractivity contribution in [1.29, 1.82) is 0 Å². The number of fused-ring (bicyclic) bond motifs is 1. The van der Waals surface area contributed by atoms with Gasteiger partial charge in [0.1, 0.15) is 0 Å². The molecule has 3 heteroatoms. The smallest absolute Gasteiger partial charge is 0.0934 e. The molecule has 0 spiro atoms. The van der Waals surface area contributed by atoms with Crippen molar-refractivity contribution in [2.24, 2.45) is 0 Å². The van der Waals surface area contributed by atoms with Crippen molar-refractivity contribution in [3.63, 3.8) is 0 Å². The molecule has 2 unspecified atom stereocenters. The largest absolute Gasteiger partial charge is 0.378 e. The van der Waals surface area contributed by atoms with E-state index >= 15 is 0 Å². The number of aryl methyl sites for hydroxylation is 1. The van der Waals surface area contributed by atoms with Crippen molar-refractivity contribution in [2.45, 2.75) is 51.5 Å². The number of hydrogen-bond donors (Lipinski definition) is 1. The van der Waals surface area contributed by atoms with Gasteiger partial charge >= 0.3 is 0 Å². The number of halogens is 1. The quantitative estimate of drug-likeness (QED) is 0.687. The Hall–Kier alpha value is -0.990. The lowest BCUT2D eigenvalue weighted by molar-refractivity contribution is 0.609. The summed E-state index contributed by atoms with van der Waals surface area (Å²) in [5, 5.41) is 3.68. The summed E-state index contributed by atoms with van der Waals surface area (Å²) in [6.45, 7) is 4.52. The minimum atomic E-state index is 0.409. The lowest BCUT2D eigenvalue weighted by Crippen LogP contribution is -2.15. The Bertz CT molecular complexity index is 602. The number of hydrogen-bond acceptors (Lipinski definition) is 2. The molecule has 0 fully saturated rings. The van der Waals surface area contributed by atoms with Crippen molar-refractivity contribution in [2.75, 3.05) is 5.32 Å². The zero-order valence-electron chi connectivity index (χ0n) is 12.7. The van der Waals surface area contributed by atoms with Crippen LogP contribution < -0.4 is 5.32 Å². The molecule has 1 heterocycles. The van der Waals surface area contributed by atoms with Crippen molar-refractivity contribution in [1.82, 2.24) is 0 Å². The van der Waals surface area contributed by atoms with E-state index in [1.165, 1.54) is 47.4 Å². The second-order valence-corrected chi connectivity index (χ2v) is 7.72. The number of rotatable bonds is 4. The van der Waals surface area contributed by atoms with Gasteiger partial charge in [-0.2, -0.15) is 0 Å². The highest BCUT2D eigenvalue weighted by molar-refractivity contribution is 7.16. The minimum absolute atomic E-state index is 0.409. The van der Waals surface area contributed by atoms with Crippen LogP contribution in [-0.4, -0.2) is 0 Å². The molecule has 0 aliphatic heterocycles. The molecular formula is C18H22ClNS. The van der Waals surface area contributed by atoms with Gasteiger partial charge in [0.05, 0.1) is 10.4 Å². The highest BCUT2D eigenvalue weighted by atomic mass is 35.5. The monoisotopic (exact) mass is 319 g/mol. The van der Waals surface area contributed by atoms with E-state index in [0.29, 0.717) is 12.0 Å². The SMILES string of the molecule is CCC(C)c1ccc(NC2CCCc3sc(Cl)cc32)cc1. The molecule has 0 radical (unpaired) electrons. The molecule has 0 saturated carbocycles. The third kappa shape index (κ3) is 3.27. The van der Waals surface area contributed by atoms with E-state index in [1.54, 1.807) is 11.3 Å². The highest BCUT2D eigenvalue weighted by Crippen LogP contribution is 2.39. The molecule has 1 aliphatic carbocycles. The predicted molar refractivity (Wildman–Crippen MR) is 93.8 cm³/mol. The number of benzene rings is 1. The lowest BCUT2D eigenvalue weighted by Gasteiger charge is -2.25. The average Bonchev–Trinajstić information content (AvgIpc) is 2.88. The summed E-state index contributed by atoms with van der Waals surface area (Å²) in [5.41, 5.74) is 4.04. The molecule has 2 aromatic rings. The van der Waals surface area contributed by atoms with Crippen LogP contribution in [-0.2, 0) is 6.42 Å². The first-order valence-corrected chi connectivity index (χ1v) is 9.01. The van der Waals surface area contributed by atoms with Crippen molar-refractivity contribution >= 4 is 28.6 Å². The Morgan fingerprint density at radius 2 is 2.10 bits per heavy atom. The lowest BCUT2D eigenvalue weighted by atomic mass is 9.93. The van der Waals surface area contributed by atoms with Crippen LogP contribution >= 0.6 is 22.9 Å². The fourth-order valence-electron chi connectivity index (χ4n) is 3.02. The van der Waals surface area contributed by atoms with Crippen LogP contribution in [0.2, 0.25) is 4.34 Å². The van der Waals surface area contributed by atoms with Gasteiger partial charge < -0.3 is 5.32 Å². The van der Waals surface area contributed by atoms with Crippen LogP contribution in [0.15, 0.2) is 30.3 Å². The van der Waals surface area contributed by atoms with Crippen LogP contribution in [0.5, 0.6) is 0 Å². The maximum Gasteiger partial charge on any atom is 0.0934 e. The average molecular weight is 320 g/mol. The Balaban J connectivity index is 1.75. The zero-order valence-corrected chi connectivity index (χ0v) is 14.2. The van der Waals surface area contributed by atoms with E-state index < -0.39 is 0 Å². The zero-order chi connectivity index (χ0) is 14.8. The maximum atomic E-state index is 6.18. The topological polar surface area (TPSA) is 12.0 Å². The van der Waals surface area contributed by atoms with Crippen LogP contribution in [0.1, 0.15) is 61.1 Å². The Morgan fingerprint density at radius 3 is 2.81 bits per heavy atom. The normalized spacial score (nSPS) is 19.1. The molecule has 1 nitrogen and oxygen atoms in total.